The van der Waals surface area contributed by atoms with E-state index in [0.717, 1.165) is 25.2 Å². The van der Waals surface area contributed by atoms with Gasteiger partial charge in [0.2, 0.25) is 0 Å². The topological polar surface area (TPSA) is 199 Å². The smallest absolute Gasteiger partial charge is 0.400 e. The maximum Gasteiger partial charge on any atom is 0.486 e. The summed E-state index contributed by atoms with van der Waals surface area (Å²) in [5, 5.41) is 19.7. The zero-order valence-corrected chi connectivity index (χ0v) is 37.1. The number of halogens is 1. The van der Waals surface area contributed by atoms with E-state index in [0.29, 0.717) is 40.7 Å². The third kappa shape index (κ3) is 13.5. The molecule has 314 valence electrons. The van der Waals surface area contributed by atoms with Gasteiger partial charge in [-0.2, -0.15) is 9.97 Å². The van der Waals surface area contributed by atoms with E-state index in [1.165, 1.54) is 15.6 Å². The van der Waals surface area contributed by atoms with Gasteiger partial charge in [-0.1, -0.05) is 65.7 Å². The average Bonchev–Trinajstić information content (AvgIpc) is 3.74. The maximum atomic E-state index is 12.1. The van der Waals surface area contributed by atoms with Crippen LogP contribution in [0.2, 0.25) is 0 Å². The molecule has 6 atom stereocenters. The van der Waals surface area contributed by atoms with Crippen molar-refractivity contribution in [3.05, 3.63) is 60.6 Å². The van der Waals surface area contributed by atoms with Gasteiger partial charge in [-0.3, -0.25) is 9.13 Å². The van der Waals surface area contributed by atoms with E-state index in [1.54, 1.807) is 12.4 Å². The summed E-state index contributed by atoms with van der Waals surface area (Å²) in [7, 11) is -0.183. The lowest BCUT2D eigenvalue weighted by Crippen LogP contribution is -2.41. The Kier molecular flexibility index (Phi) is 18.3. The summed E-state index contributed by atoms with van der Waals surface area (Å²) in [5.74, 6) is 3.88. The van der Waals surface area contributed by atoms with Crippen LogP contribution < -0.4 is 22.8 Å². The van der Waals surface area contributed by atoms with Crippen LogP contribution in [0.5, 0.6) is 0 Å². The maximum absolute atomic E-state index is 12.1. The van der Waals surface area contributed by atoms with E-state index in [2.05, 4.69) is 71.4 Å². The van der Waals surface area contributed by atoms with Gasteiger partial charge in [-0.15, -0.1) is 0 Å². The number of aliphatic hydroxyl groups excluding tert-OH is 2. The van der Waals surface area contributed by atoms with E-state index in [1.807, 2.05) is 54.6 Å². The van der Waals surface area contributed by atoms with Crippen molar-refractivity contribution in [2.75, 3.05) is 11.5 Å². The molecule has 3 saturated heterocycles. The quantitative estimate of drug-likeness (QED) is 0.135. The second-order valence-electron chi connectivity index (χ2n) is 16.5. The van der Waals surface area contributed by atoms with Crippen LogP contribution >= 0.6 is 22.6 Å². The Bertz CT molecular complexity index is 1720. The minimum Gasteiger partial charge on any atom is -0.400 e. The van der Waals surface area contributed by atoms with Crippen LogP contribution in [0.1, 0.15) is 139 Å². The summed E-state index contributed by atoms with van der Waals surface area (Å²) in [4.78, 5) is 31.4. The summed E-state index contributed by atoms with van der Waals surface area (Å²) in [5.41, 5.74) is 10.8. The highest BCUT2D eigenvalue weighted by molar-refractivity contribution is 14.1. The zero-order valence-electron chi connectivity index (χ0n) is 35.0. The average molecular weight is 897 g/mol. The Labute approximate surface area is 346 Å². The Balaban J connectivity index is 0.000000230. The minimum absolute atomic E-state index is 0.183. The van der Waals surface area contributed by atoms with Crippen LogP contribution in [-0.4, -0.2) is 72.1 Å². The van der Waals surface area contributed by atoms with Gasteiger partial charge in [0.15, 0.2) is 0 Å². The number of hydrogen-bond acceptors (Lipinski definition) is 12. The van der Waals surface area contributed by atoms with Crippen LogP contribution in [0.15, 0.2) is 40.1 Å². The molecule has 2 aromatic heterocycles. The molecule has 56 heavy (non-hydrogen) atoms. The van der Waals surface area contributed by atoms with Crippen molar-refractivity contribution in [3.8, 4) is 0 Å². The molecule has 14 nitrogen and oxygen atoms in total. The first-order valence-corrected chi connectivity index (χ1v) is 21.1. The fourth-order valence-corrected chi connectivity index (χ4v) is 6.67. The second-order valence-corrected chi connectivity index (χ2v) is 17.7. The highest BCUT2D eigenvalue weighted by atomic mass is 127. The Hall–Kier alpha value is -2.61. The predicted molar refractivity (Wildman–Crippen MR) is 231 cm³/mol. The van der Waals surface area contributed by atoms with Crippen molar-refractivity contribution in [3.63, 3.8) is 0 Å². The van der Waals surface area contributed by atoms with Crippen LogP contribution in [0.3, 0.4) is 0 Å². The van der Waals surface area contributed by atoms with Gasteiger partial charge in [0.05, 0.1) is 39.2 Å². The predicted octanol–water partition coefficient (Wildman–Crippen LogP) is 6.43. The standard InChI is InChI=1S/C17H27N3O3.C13H25BO2.C10H14IN3O3/c1-4-14-13(21)9-15(23-14)20-10-12(16(18)19-17(20)22)8-6-5-7-11(2)3;1-11(2)9-7-8-10-14-15-12(3,4)13(5,6)16-14;1-2-7-6(15)3-8(17-7)14-4-5(11)9(12)13-10(14)16/h6,8,10-11,13-15,21H,4-5,7,9H2,1-3H3,(H2,18,19,22);8,10-11H,7,9H2,1-6H3;4,6-8,15H,2-3H2,1H3,(H2,12,13,16)/b8-6+;10-8+;/t13?,14-,15-;;6?,7-,8-/m1.1/s1. The molecule has 0 bridgehead atoms. The molecule has 5 rings (SSSR count). The number of allylic oxidation sites excluding steroid dienone is 2. The molecule has 3 aliphatic heterocycles. The molecule has 16 heteroatoms. The van der Waals surface area contributed by atoms with Gasteiger partial charge in [0, 0.05) is 30.8 Å². The summed E-state index contributed by atoms with van der Waals surface area (Å²) >= 11 is 2.01. The molecule has 0 aliphatic carbocycles. The number of aromatic nitrogens is 4. The second kappa shape index (κ2) is 21.4. The molecule has 0 spiro atoms. The number of ether oxygens (including phenoxy) is 2. The molecule has 3 fully saturated rings. The van der Waals surface area contributed by atoms with E-state index in [9.17, 15) is 19.8 Å². The van der Waals surface area contributed by atoms with Crippen LogP contribution in [-0.2, 0) is 18.8 Å². The van der Waals surface area contributed by atoms with Crippen molar-refractivity contribution in [2.45, 2.75) is 169 Å². The molecule has 6 N–H and O–H groups in total. The fraction of sp³-hybridized carbons (Fsp3) is 0.700. The van der Waals surface area contributed by atoms with Crippen molar-refractivity contribution in [1.29, 1.82) is 0 Å². The number of nitrogen functional groups attached to an aromatic ring is 2. The van der Waals surface area contributed by atoms with E-state index < -0.39 is 36.0 Å². The van der Waals surface area contributed by atoms with Gasteiger partial charge in [-0.25, -0.2) is 9.59 Å². The molecular formula is C40H66BIN6O8. The molecule has 0 aromatic carbocycles. The number of nitrogens with zero attached hydrogens (tertiary/aromatic N) is 4. The monoisotopic (exact) mass is 896 g/mol. The van der Waals surface area contributed by atoms with Gasteiger partial charge >= 0.3 is 18.5 Å². The van der Waals surface area contributed by atoms with Crippen molar-refractivity contribution in [1.82, 2.24) is 19.1 Å². The number of nitrogens with two attached hydrogens (primary N) is 2. The molecule has 0 radical (unpaired) electrons. The molecule has 0 saturated carbocycles. The van der Waals surface area contributed by atoms with Gasteiger partial charge < -0.3 is 40.5 Å². The first-order chi connectivity index (χ1) is 26.2. The molecule has 5 heterocycles. The SMILES string of the molecule is CC(C)CC/C=C/B1OC(C)(C)C(C)(C)O1.CC[C@H]1O[C@@H](n2cc(/C=C/CCC(C)C)c(N)nc2=O)CC1O.CC[C@H]1O[C@@H](n2cc(I)c(N)nc2=O)CC1O. The highest BCUT2D eigenvalue weighted by Crippen LogP contribution is 2.37. The number of anilines is 2. The summed E-state index contributed by atoms with van der Waals surface area (Å²) in [6.07, 6.45) is 13.5. The molecular weight excluding hydrogens is 830 g/mol. The van der Waals surface area contributed by atoms with Crippen molar-refractivity contribution in [2.24, 2.45) is 11.8 Å². The van der Waals surface area contributed by atoms with E-state index in [-0.39, 0.29) is 42.2 Å². The Morgan fingerprint density at radius 3 is 1.71 bits per heavy atom. The lowest BCUT2D eigenvalue weighted by atomic mass is 9.89. The van der Waals surface area contributed by atoms with E-state index >= 15 is 0 Å². The zero-order chi connectivity index (χ0) is 42.0. The first-order valence-electron chi connectivity index (χ1n) is 20.0. The molecule has 2 aromatic rings. The van der Waals surface area contributed by atoms with Gasteiger partial charge in [0.1, 0.15) is 24.1 Å². The Morgan fingerprint density at radius 1 is 0.821 bits per heavy atom. The molecule has 0 amide bonds. The largest absolute Gasteiger partial charge is 0.486 e. The van der Waals surface area contributed by atoms with Crippen molar-refractivity contribution < 1.29 is 29.0 Å². The lowest BCUT2D eigenvalue weighted by Gasteiger charge is -2.32. The summed E-state index contributed by atoms with van der Waals surface area (Å²) in [6.45, 7) is 21.0. The highest BCUT2D eigenvalue weighted by Gasteiger charge is 2.50. The normalized spacial score (nSPS) is 25.6. The van der Waals surface area contributed by atoms with Crippen LogP contribution in [0, 0.1) is 15.4 Å². The third-order valence-corrected chi connectivity index (χ3v) is 11.3. The lowest BCUT2D eigenvalue weighted by molar-refractivity contribution is -0.0217. The number of rotatable bonds is 12. The summed E-state index contributed by atoms with van der Waals surface area (Å²) in [6, 6.07) is 0. The summed E-state index contributed by atoms with van der Waals surface area (Å²) < 4.78 is 26.6. The van der Waals surface area contributed by atoms with Crippen molar-refractivity contribution >= 4 is 47.4 Å². The van der Waals surface area contributed by atoms with Crippen LogP contribution in [0.4, 0.5) is 11.6 Å². The van der Waals surface area contributed by atoms with Gasteiger partial charge in [0.25, 0.3) is 0 Å². The van der Waals surface area contributed by atoms with E-state index in [4.69, 9.17) is 30.2 Å². The molecule has 3 aliphatic rings. The third-order valence-electron chi connectivity index (χ3n) is 10.5. The molecule has 2 unspecified atom stereocenters. The van der Waals surface area contributed by atoms with Gasteiger partial charge in [-0.05, 0) is 101 Å². The minimum atomic E-state index is -0.556. The number of hydrogen-bond donors (Lipinski definition) is 4. The first kappa shape index (κ1) is 47.8. The Morgan fingerprint density at radius 2 is 1.27 bits per heavy atom. The van der Waals surface area contributed by atoms with Crippen LogP contribution in [0.25, 0.3) is 6.08 Å². The fourth-order valence-electron chi connectivity index (χ4n) is 6.25. The number of aliphatic hydroxyl groups is 2.